The van der Waals surface area contributed by atoms with E-state index in [-0.39, 0.29) is 5.54 Å². The summed E-state index contributed by atoms with van der Waals surface area (Å²) in [6, 6.07) is 0. The predicted octanol–water partition coefficient (Wildman–Crippen LogP) is 0.840. The molecule has 0 aliphatic heterocycles. The fourth-order valence-electron chi connectivity index (χ4n) is 0.663. The minimum absolute atomic E-state index is 0.294. The fourth-order valence-corrected chi connectivity index (χ4v) is 0.663. The molecule has 0 saturated carbocycles. The van der Waals surface area contributed by atoms with Crippen LogP contribution in [0, 0.1) is 0 Å². The zero-order chi connectivity index (χ0) is 8.04. The van der Waals surface area contributed by atoms with Crippen molar-refractivity contribution in [2.24, 2.45) is 10.7 Å². The van der Waals surface area contributed by atoms with E-state index in [1.807, 2.05) is 13.8 Å². The molecule has 3 nitrogen and oxygen atoms in total. The van der Waals surface area contributed by atoms with Crippen molar-refractivity contribution in [1.29, 1.82) is 0 Å². The average molecular weight is 142 g/mol. The highest BCUT2D eigenvalue weighted by molar-refractivity contribution is 5.33. The van der Waals surface area contributed by atoms with E-state index in [0.717, 1.165) is 12.8 Å². The van der Waals surface area contributed by atoms with E-state index in [0.29, 0.717) is 6.54 Å². The van der Waals surface area contributed by atoms with Gasteiger partial charge in [-0.05, 0) is 12.8 Å². The monoisotopic (exact) mass is 142 g/mol. The summed E-state index contributed by atoms with van der Waals surface area (Å²) in [5.74, 6) is 0. The number of rotatable bonds is 4. The minimum atomic E-state index is -0.294. The third kappa shape index (κ3) is 2.76. The summed E-state index contributed by atoms with van der Waals surface area (Å²) >= 11 is 0. The van der Waals surface area contributed by atoms with Crippen molar-refractivity contribution in [2.45, 2.75) is 32.2 Å². The largest absolute Gasteiger partial charge is 0.324 e. The molecule has 0 aliphatic carbocycles. The lowest BCUT2D eigenvalue weighted by atomic mass is 9.95. The third-order valence-electron chi connectivity index (χ3n) is 1.87. The SMILES string of the molecule is CCC(N)(CC)CN=C=O. The summed E-state index contributed by atoms with van der Waals surface area (Å²) in [5, 5.41) is 0. The van der Waals surface area contributed by atoms with Crippen molar-refractivity contribution in [3.8, 4) is 0 Å². The Hall–Kier alpha value is -0.660. The van der Waals surface area contributed by atoms with Crippen LogP contribution in [0.3, 0.4) is 0 Å². The molecule has 58 valence electrons. The molecule has 0 amide bonds. The Labute approximate surface area is 61.3 Å². The summed E-state index contributed by atoms with van der Waals surface area (Å²) in [6.45, 7) is 4.37. The smallest absolute Gasteiger partial charge is 0.235 e. The van der Waals surface area contributed by atoms with Crippen LogP contribution in [0.5, 0.6) is 0 Å². The Bertz CT molecular complexity index is 135. The fraction of sp³-hybridized carbons (Fsp3) is 0.857. The summed E-state index contributed by atoms with van der Waals surface area (Å²) in [4.78, 5) is 13.2. The van der Waals surface area contributed by atoms with E-state index in [9.17, 15) is 4.79 Å². The summed E-state index contributed by atoms with van der Waals surface area (Å²) in [6.07, 6.45) is 3.17. The second-order valence-corrected chi connectivity index (χ2v) is 2.48. The molecule has 0 spiro atoms. The van der Waals surface area contributed by atoms with Crippen LogP contribution in [0.2, 0.25) is 0 Å². The van der Waals surface area contributed by atoms with E-state index >= 15 is 0 Å². The number of hydrogen-bond donors (Lipinski definition) is 1. The van der Waals surface area contributed by atoms with Crippen LogP contribution >= 0.6 is 0 Å². The van der Waals surface area contributed by atoms with E-state index in [1.54, 1.807) is 0 Å². The molecule has 10 heavy (non-hydrogen) atoms. The highest BCUT2D eigenvalue weighted by atomic mass is 16.1. The standard InChI is InChI=1S/C7H14N2O/c1-3-7(8,4-2)5-9-6-10/h3-5,8H2,1-2H3. The van der Waals surface area contributed by atoms with E-state index < -0.39 is 0 Å². The predicted molar refractivity (Wildman–Crippen MR) is 40.5 cm³/mol. The Balaban J connectivity index is 3.92. The highest BCUT2D eigenvalue weighted by Gasteiger charge is 2.18. The maximum atomic E-state index is 9.74. The normalized spacial score (nSPS) is 10.7. The third-order valence-corrected chi connectivity index (χ3v) is 1.87. The molecule has 0 aromatic rings. The Kier molecular flexibility index (Phi) is 3.93. The molecule has 0 aromatic heterocycles. The first-order chi connectivity index (χ1) is 4.68. The molecule has 0 aromatic carbocycles. The van der Waals surface area contributed by atoms with Gasteiger partial charge >= 0.3 is 0 Å². The van der Waals surface area contributed by atoms with Crippen LogP contribution in [0.15, 0.2) is 4.99 Å². The maximum absolute atomic E-state index is 9.74. The topological polar surface area (TPSA) is 55.4 Å². The van der Waals surface area contributed by atoms with Crippen LogP contribution in [-0.2, 0) is 4.79 Å². The van der Waals surface area contributed by atoms with Gasteiger partial charge in [-0.3, -0.25) is 0 Å². The number of carbonyl (C=O) groups excluding carboxylic acids is 1. The van der Waals surface area contributed by atoms with Gasteiger partial charge in [-0.15, -0.1) is 0 Å². The number of aliphatic imine (C=N–C) groups is 1. The van der Waals surface area contributed by atoms with Crippen LogP contribution in [0.25, 0.3) is 0 Å². The van der Waals surface area contributed by atoms with Crippen molar-refractivity contribution < 1.29 is 4.79 Å². The minimum Gasteiger partial charge on any atom is -0.324 e. The first-order valence-corrected chi connectivity index (χ1v) is 3.51. The van der Waals surface area contributed by atoms with Gasteiger partial charge in [-0.25, -0.2) is 9.79 Å². The number of nitrogens with zero attached hydrogens (tertiary/aromatic N) is 1. The van der Waals surface area contributed by atoms with Crippen molar-refractivity contribution >= 4 is 6.08 Å². The van der Waals surface area contributed by atoms with Gasteiger partial charge in [0.25, 0.3) is 0 Å². The summed E-state index contributed by atoms with van der Waals surface area (Å²) in [7, 11) is 0. The first kappa shape index (κ1) is 9.34. The molecular weight excluding hydrogens is 128 g/mol. The van der Waals surface area contributed by atoms with Gasteiger partial charge in [0.15, 0.2) is 0 Å². The van der Waals surface area contributed by atoms with Crippen molar-refractivity contribution in [3.63, 3.8) is 0 Å². The molecule has 0 rings (SSSR count). The quantitative estimate of drug-likeness (QED) is 0.467. The molecule has 0 aliphatic rings. The molecule has 0 bridgehead atoms. The molecule has 0 fully saturated rings. The lowest BCUT2D eigenvalue weighted by Gasteiger charge is -2.22. The lowest BCUT2D eigenvalue weighted by Crippen LogP contribution is -2.41. The van der Waals surface area contributed by atoms with Gasteiger partial charge in [0.05, 0.1) is 6.54 Å². The molecule has 0 radical (unpaired) electrons. The summed E-state index contributed by atoms with van der Waals surface area (Å²) in [5.41, 5.74) is 5.52. The number of hydrogen-bond acceptors (Lipinski definition) is 3. The van der Waals surface area contributed by atoms with Gasteiger partial charge < -0.3 is 5.73 Å². The number of isocyanates is 1. The lowest BCUT2D eigenvalue weighted by molar-refractivity contribution is 0.406. The average Bonchev–Trinajstić information content (AvgIpc) is 2.00. The first-order valence-electron chi connectivity index (χ1n) is 3.51. The van der Waals surface area contributed by atoms with Gasteiger partial charge in [0, 0.05) is 5.54 Å². The highest BCUT2D eigenvalue weighted by Crippen LogP contribution is 2.10. The van der Waals surface area contributed by atoms with Gasteiger partial charge in [0.1, 0.15) is 0 Å². The second-order valence-electron chi connectivity index (χ2n) is 2.48. The van der Waals surface area contributed by atoms with Gasteiger partial charge in [0.2, 0.25) is 6.08 Å². The van der Waals surface area contributed by atoms with E-state index in [4.69, 9.17) is 5.73 Å². The molecular formula is C7H14N2O. The zero-order valence-electron chi connectivity index (χ0n) is 6.55. The molecule has 0 saturated heterocycles. The molecule has 3 heteroatoms. The second kappa shape index (κ2) is 4.20. The van der Waals surface area contributed by atoms with Crippen molar-refractivity contribution in [2.75, 3.05) is 6.54 Å². The van der Waals surface area contributed by atoms with Gasteiger partial charge in [-0.2, -0.15) is 0 Å². The Morgan fingerprint density at radius 3 is 2.30 bits per heavy atom. The number of nitrogens with two attached hydrogens (primary N) is 1. The van der Waals surface area contributed by atoms with Gasteiger partial charge in [-0.1, -0.05) is 13.8 Å². The summed E-state index contributed by atoms with van der Waals surface area (Å²) < 4.78 is 0. The van der Waals surface area contributed by atoms with Crippen LogP contribution in [0.4, 0.5) is 0 Å². The maximum Gasteiger partial charge on any atom is 0.235 e. The van der Waals surface area contributed by atoms with Crippen LogP contribution in [0.1, 0.15) is 26.7 Å². The van der Waals surface area contributed by atoms with E-state index in [1.165, 1.54) is 6.08 Å². The Morgan fingerprint density at radius 1 is 1.50 bits per heavy atom. The van der Waals surface area contributed by atoms with Crippen molar-refractivity contribution in [3.05, 3.63) is 0 Å². The van der Waals surface area contributed by atoms with Crippen LogP contribution < -0.4 is 5.73 Å². The van der Waals surface area contributed by atoms with E-state index in [2.05, 4.69) is 4.99 Å². The Morgan fingerprint density at radius 2 is 2.00 bits per heavy atom. The molecule has 0 heterocycles. The molecule has 0 atom stereocenters. The van der Waals surface area contributed by atoms with Crippen LogP contribution in [-0.4, -0.2) is 18.2 Å². The molecule has 0 unspecified atom stereocenters. The zero-order valence-corrected chi connectivity index (χ0v) is 6.55. The van der Waals surface area contributed by atoms with Crippen molar-refractivity contribution in [1.82, 2.24) is 0 Å². The molecule has 2 N–H and O–H groups in total.